The Morgan fingerprint density at radius 3 is 2.50 bits per heavy atom. The number of carbonyl (C=O) groups excluding carboxylic acids is 2. The van der Waals surface area contributed by atoms with Gasteiger partial charge in [-0.3, -0.25) is 14.9 Å². The number of nitrogens with one attached hydrogen (secondary N) is 1. The van der Waals surface area contributed by atoms with Crippen LogP contribution < -0.4 is 5.32 Å². The molecule has 92 valence electrons. The van der Waals surface area contributed by atoms with Gasteiger partial charge in [0.1, 0.15) is 0 Å². The van der Waals surface area contributed by atoms with Crippen LogP contribution in [0.3, 0.4) is 0 Å². The lowest BCUT2D eigenvalue weighted by atomic mass is 10.4. The van der Waals surface area contributed by atoms with E-state index in [-0.39, 0.29) is 25.0 Å². The molecule has 0 atom stereocenters. The highest BCUT2D eigenvalue weighted by Crippen LogP contribution is 2.26. The molecule has 0 aromatic carbocycles. The Morgan fingerprint density at radius 2 is 2.00 bits per heavy atom. The van der Waals surface area contributed by atoms with Crippen LogP contribution in [0.2, 0.25) is 0 Å². The highest BCUT2D eigenvalue weighted by Gasteiger charge is 2.30. The van der Waals surface area contributed by atoms with Crippen molar-refractivity contribution in [2.24, 2.45) is 0 Å². The maximum Gasteiger partial charge on any atom is 0.319 e. The second-order valence-electron chi connectivity index (χ2n) is 3.82. The van der Waals surface area contributed by atoms with E-state index in [0.717, 1.165) is 19.4 Å². The minimum Gasteiger partial charge on any atom is -0.465 e. The van der Waals surface area contributed by atoms with Crippen molar-refractivity contribution in [3.05, 3.63) is 0 Å². The molecule has 0 aromatic rings. The number of nitrogens with zero attached hydrogens (tertiary/aromatic N) is 1. The van der Waals surface area contributed by atoms with Crippen molar-refractivity contribution in [1.29, 1.82) is 0 Å². The zero-order valence-electron chi connectivity index (χ0n) is 9.99. The zero-order chi connectivity index (χ0) is 12.0. The van der Waals surface area contributed by atoms with E-state index < -0.39 is 0 Å². The van der Waals surface area contributed by atoms with E-state index in [1.807, 2.05) is 11.8 Å². The number of carbonyl (C=O) groups is 2. The Balaban J connectivity index is 2.16. The predicted molar refractivity (Wildman–Crippen MR) is 59.9 cm³/mol. The molecule has 5 heteroatoms. The van der Waals surface area contributed by atoms with Gasteiger partial charge in [-0.25, -0.2) is 0 Å². The summed E-state index contributed by atoms with van der Waals surface area (Å²) in [7, 11) is 0. The van der Waals surface area contributed by atoms with Gasteiger partial charge >= 0.3 is 5.97 Å². The van der Waals surface area contributed by atoms with Crippen molar-refractivity contribution < 1.29 is 14.3 Å². The summed E-state index contributed by atoms with van der Waals surface area (Å²) < 4.78 is 4.74. The van der Waals surface area contributed by atoms with Crippen molar-refractivity contribution >= 4 is 11.9 Å². The van der Waals surface area contributed by atoms with Crippen LogP contribution in [0, 0.1) is 0 Å². The van der Waals surface area contributed by atoms with Crippen LogP contribution in [0.5, 0.6) is 0 Å². The van der Waals surface area contributed by atoms with E-state index in [4.69, 9.17) is 4.74 Å². The van der Waals surface area contributed by atoms with Crippen LogP contribution in [-0.4, -0.2) is 49.1 Å². The summed E-state index contributed by atoms with van der Waals surface area (Å²) >= 11 is 0. The van der Waals surface area contributed by atoms with Gasteiger partial charge < -0.3 is 9.64 Å². The lowest BCUT2D eigenvalue weighted by molar-refractivity contribution is -0.142. The second-order valence-corrected chi connectivity index (χ2v) is 3.82. The third-order valence-electron chi connectivity index (χ3n) is 2.50. The van der Waals surface area contributed by atoms with Crippen LogP contribution in [0.25, 0.3) is 0 Å². The third kappa shape index (κ3) is 4.18. The van der Waals surface area contributed by atoms with E-state index in [9.17, 15) is 9.59 Å². The fourth-order valence-electron chi connectivity index (χ4n) is 1.61. The molecule has 1 aliphatic rings. The predicted octanol–water partition coefficient (Wildman–Crippen LogP) is 0.150. The first-order chi connectivity index (χ1) is 7.69. The number of esters is 1. The normalized spacial score (nSPS) is 14.6. The molecule has 16 heavy (non-hydrogen) atoms. The molecular formula is C11H20N2O3. The maximum atomic E-state index is 11.7. The van der Waals surface area contributed by atoms with Gasteiger partial charge in [0, 0.05) is 12.6 Å². The van der Waals surface area contributed by atoms with Gasteiger partial charge in [-0.1, -0.05) is 0 Å². The topological polar surface area (TPSA) is 58.6 Å². The average molecular weight is 228 g/mol. The molecule has 1 rings (SSSR count). The highest BCUT2D eigenvalue weighted by molar-refractivity contribution is 5.80. The molecule has 0 spiro atoms. The Labute approximate surface area is 96.1 Å². The highest BCUT2D eigenvalue weighted by atomic mass is 16.5. The van der Waals surface area contributed by atoms with Gasteiger partial charge in [0.2, 0.25) is 5.91 Å². The molecule has 0 saturated heterocycles. The van der Waals surface area contributed by atoms with Crippen LogP contribution in [-0.2, 0) is 14.3 Å². The van der Waals surface area contributed by atoms with Gasteiger partial charge in [0.05, 0.1) is 19.7 Å². The summed E-state index contributed by atoms with van der Waals surface area (Å²) in [5.74, 6) is -0.251. The van der Waals surface area contributed by atoms with Crippen LogP contribution in [0.4, 0.5) is 0 Å². The summed E-state index contributed by atoms with van der Waals surface area (Å²) in [6.45, 7) is 5.16. The van der Waals surface area contributed by atoms with Gasteiger partial charge in [-0.15, -0.1) is 0 Å². The molecule has 1 aliphatic carbocycles. The van der Waals surface area contributed by atoms with Gasteiger partial charge in [0.15, 0.2) is 0 Å². The SMILES string of the molecule is CCOC(=O)CNCC(=O)N(CC)C1CC1. The molecule has 1 amide bonds. The van der Waals surface area contributed by atoms with Gasteiger partial charge in [-0.2, -0.15) is 0 Å². The molecule has 1 saturated carbocycles. The lowest BCUT2D eigenvalue weighted by Gasteiger charge is -2.20. The van der Waals surface area contributed by atoms with Crippen LogP contribution in [0.15, 0.2) is 0 Å². The molecule has 0 bridgehead atoms. The molecule has 0 radical (unpaired) electrons. The monoisotopic (exact) mass is 228 g/mol. The minimum absolute atomic E-state index is 0.0642. The molecule has 5 nitrogen and oxygen atoms in total. The first-order valence-electron chi connectivity index (χ1n) is 5.84. The number of amides is 1. The number of ether oxygens (including phenoxy) is 1. The van der Waals surface area contributed by atoms with Gasteiger partial charge in [-0.05, 0) is 26.7 Å². The largest absolute Gasteiger partial charge is 0.465 e. The van der Waals surface area contributed by atoms with Crippen molar-refractivity contribution in [1.82, 2.24) is 10.2 Å². The molecule has 1 N–H and O–H groups in total. The average Bonchev–Trinajstić information content (AvgIpc) is 3.03. The quantitative estimate of drug-likeness (QED) is 0.630. The molecule has 0 aliphatic heterocycles. The van der Waals surface area contributed by atoms with E-state index in [2.05, 4.69) is 5.32 Å². The van der Waals surface area contributed by atoms with Crippen LogP contribution in [0.1, 0.15) is 26.7 Å². The third-order valence-corrected chi connectivity index (χ3v) is 2.50. The minimum atomic E-state index is -0.315. The molecule has 0 heterocycles. The van der Waals surface area contributed by atoms with Gasteiger partial charge in [0.25, 0.3) is 0 Å². The molecular weight excluding hydrogens is 208 g/mol. The number of hydrogen-bond acceptors (Lipinski definition) is 4. The van der Waals surface area contributed by atoms with Crippen molar-refractivity contribution in [2.75, 3.05) is 26.2 Å². The number of likely N-dealkylation sites (N-methyl/N-ethyl adjacent to an activating group) is 1. The maximum absolute atomic E-state index is 11.7. The first-order valence-corrected chi connectivity index (χ1v) is 5.84. The molecule has 0 aromatic heterocycles. The smallest absolute Gasteiger partial charge is 0.319 e. The summed E-state index contributed by atoms with van der Waals surface area (Å²) in [5.41, 5.74) is 0. The Morgan fingerprint density at radius 1 is 1.31 bits per heavy atom. The van der Waals surface area contributed by atoms with Crippen molar-refractivity contribution in [3.63, 3.8) is 0 Å². The fraction of sp³-hybridized carbons (Fsp3) is 0.818. The molecule has 0 unspecified atom stereocenters. The summed E-state index contributed by atoms with van der Waals surface area (Å²) in [6.07, 6.45) is 2.22. The number of hydrogen-bond donors (Lipinski definition) is 1. The number of rotatable bonds is 7. The standard InChI is InChI=1S/C11H20N2O3/c1-3-13(9-5-6-9)10(14)7-12-8-11(15)16-4-2/h9,12H,3-8H2,1-2H3. The molecule has 1 fully saturated rings. The summed E-state index contributed by atoms with van der Waals surface area (Å²) in [5, 5.41) is 2.80. The second kappa shape index (κ2) is 6.48. The lowest BCUT2D eigenvalue weighted by Crippen LogP contribution is -2.40. The van der Waals surface area contributed by atoms with E-state index >= 15 is 0 Å². The van der Waals surface area contributed by atoms with Crippen molar-refractivity contribution in [3.8, 4) is 0 Å². The van der Waals surface area contributed by atoms with E-state index in [0.29, 0.717) is 12.6 Å². The summed E-state index contributed by atoms with van der Waals surface area (Å²) in [6, 6.07) is 0.432. The van der Waals surface area contributed by atoms with E-state index in [1.54, 1.807) is 6.92 Å². The van der Waals surface area contributed by atoms with E-state index in [1.165, 1.54) is 0 Å². The fourth-order valence-corrected chi connectivity index (χ4v) is 1.61. The van der Waals surface area contributed by atoms with Crippen molar-refractivity contribution in [2.45, 2.75) is 32.7 Å². The summed E-state index contributed by atoms with van der Waals surface area (Å²) in [4.78, 5) is 24.6. The van der Waals surface area contributed by atoms with Crippen LogP contribution >= 0.6 is 0 Å². The first kappa shape index (κ1) is 13.0. The Hall–Kier alpha value is -1.10. The Kier molecular flexibility index (Phi) is 5.25. The Bertz CT molecular complexity index is 252. The zero-order valence-corrected chi connectivity index (χ0v) is 9.99.